The minimum Gasteiger partial charge on any atom is -0.316 e. The van der Waals surface area contributed by atoms with Crippen molar-refractivity contribution in [1.82, 2.24) is 5.32 Å². The molecule has 0 aromatic heterocycles. The maximum atomic E-state index is 3.54. The van der Waals surface area contributed by atoms with Gasteiger partial charge in [-0.3, -0.25) is 0 Å². The van der Waals surface area contributed by atoms with E-state index in [4.69, 9.17) is 0 Å². The van der Waals surface area contributed by atoms with Crippen LogP contribution in [0, 0.1) is 14.9 Å². The van der Waals surface area contributed by atoms with E-state index in [0.29, 0.717) is 5.41 Å². The molecule has 1 N–H and O–H groups in total. The van der Waals surface area contributed by atoms with Crippen molar-refractivity contribution in [1.29, 1.82) is 0 Å². The molecule has 0 radical (unpaired) electrons. The molecule has 1 aliphatic rings. The molecule has 1 fully saturated rings. The van der Waals surface area contributed by atoms with Gasteiger partial charge in [0, 0.05) is 10.1 Å². The van der Waals surface area contributed by atoms with E-state index in [-0.39, 0.29) is 0 Å². The number of nitrogens with one attached hydrogen (secondary N) is 1. The highest BCUT2D eigenvalue weighted by Gasteiger charge is 2.40. The summed E-state index contributed by atoms with van der Waals surface area (Å²) in [6.45, 7) is 6.87. The molecule has 2 rings (SSSR count). The molecule has 94 valence electrons. The molecule has 1 aliphatic carbocycles. The Morgan fingerprint density at radius 1 is 1.29 bits per heavy atom. The smallest absolute Gasteiger partial charge is 0.0130 e. The van der Waals surface area contributed by atoms with E-state index in [2.05, 4.69) is 66.0 Å². The average Bonchev–Trinajstić information content (AvgIpc) is 3.14. The average molecular weight is 343 g/mol. The minimum absolute atomic E-state index is 0.447. The SMILES string of the molecule is CCNCC(C)(Cc1ccc(I)cc1)C1CC1. The highest BCUT2D eigenvalue weighted by molar-refractivity contribution is 14.1. The van der Waals surface area contributed by atoms with Gasteiger partial charge in [-0.15, -0.1) is 0 Å². The lowest BCUT2D eigenvalue weighted by Crippen LogP contribution is -2.35. The van der Waals surface area contributed by atoms with E-state index in [1.54, 1.807) is 0 Å². The van der Waals surface area contributed by atoms with Gasteiger partial charge in [0.05, 0.1) is 0 Å². The molecule has 0 spiro atoms. The third-order valence-electron chi connectivity index (χ3n) is 3.86. The fraction of sp³-hybridized carbons (Fsp3) is 0.600. The predicted molar refractivity (Wildman–Crippen MR) is 82.2 cm³/mol. The van der Waals surface area contributed by atoms with Gasteiger partial charge < -0.3 is 5.32 Å². The highest BCUT2D eigenvalue weighted by atomic mass is 127. The largest absolute Gasteiger partial charge is 0.316 e. The van der Waals surface area contributed by atoms with E-state index in [1.165, 1.54) is 28.4 Å². The minimum atomic E-state index is 0.447. The van der Waals surface area contributed by atoms with Crippen molar-refractivity contribution in [2.24, 2.45) is 11.3 Å². The summed E-state index contributed by atoms with van der Waals surface area (Å²) in [6.07, 6.45) is 4.06. The summed E-state index contributed by atoms with van der Waals surface area (Å²) in [4.78, 5) is 0. The first-order chi connectivity index (χ1) is 8.14. The van der Waals surface area contributed by atoms with Crippen molar-refractivity contribution < 1.29 is 0 Å². The van der Waals surface area contributed by atoms with Crippen LogP contribution in [0.3, 0.4) is 0 Å². The first kappa shape index (κ1) is 13.3. The van der Waals surface area contributed by atoms with Crippen LogP contribution in [0.2, 0.25) is 0 Å². The Hall–Kier alpha value is -0.0900. The number of benzene rings is 1. The highest BCUT2D eigenvalue weighted by Crippen LogP contribution is 2.47. The van der Waals surface area contributed by atoms with Gasteiger partial charge in [0.15, 0.2) is 0 Å². The standard InChI is InChI=1S/C15H22IN/c1-3-17-11-15(2,13-6-7-13)10-12-4-8-14(16)9-5-12/h4-5,8-9,13,17H,3,6-7,10-11H2,1-2H3. The topological polar surface area (TPSA) is 12.0 Å². The first-order valence-electron chi connectivity index (χ1n) is 6.59. The van der Waals surface area contributed by atoms with Gasteiger partial charge in [-0.2, -0.15) is 0 Å². The van der Waals surface area contributed by atoms with Crippen molar-refractivity contribution in [3.05, 3.63) is 33.4 Å². The normalized spacial score (nSPS) is 19.0. The Morgan fingerprint density at radius 2 is 1.94 bits per heavy atom. The summed E-state index contributed by atoms with van der Waals surface area (Å²) in [7, 11) is 0. The quantitative estimate of drug-likeness (QED) is 0.774. The van der Waals surface area contributed by atoms with Gasteiger partial charge in [0.1, 0.15) is 0 Å². The van der Waals surface area contributed by atoms with E-state index in [1.807, 2.05) is 0 Å². The monoisotopic (exact) mass is 343 g/mol. The van der Waals surface area contributed by atoms with Gasteiger partial charge >= 0.3 is 0 Å². The number of hydrogen-bond acceptors (Lipinski definition) is 1. The molecule has 2 heteroatoms. The summed E-state index contributed by atoms with van der Waals surface area (Å²) >= 11 is 2.37. The second-order valence-corrected chi connectivity index (χ2v) is 6.76. The molecule has 1 unspecified atom stereocenters. The Kier molecular flexibility index (Phi) is 4.47. The predicted octanol–water partition coefficient (Wildman–Crippen LogP) is 3.86. The summed E-state index contributed by atoms with van der Waals surface area (Å²) in [5, 5.41) is 3.54. The third-order valence-corrected chi connectivity index (χ3v) is 4.58. The molecule has 0 bridgehead atoms. The lowest BCUT2D eigenvalue weighted by molar-refractivity contribution is 0.258. The maximum absolute atomic E-state index is 3.54. The lowest BCUT2D eigenvalue weighted by Gasteiger charge is -2.30. The first-order valence-corrected chi connectivity index (χ1v) is 7.67. The van der Waals surface area contributed by atoms with Gasteiger partial charge in [-0.25, -0.2) is 0 Å². The van der Waals surface area contributed by atoms with Gasteiger partial charge in [0.25, 0.3) is 0 Å². The molecular formula is C15H22IN. The van der Waals surface area contributed by atoms with Crippen LogP contribution in [0.25, 0.3) is 0 Å². The Labute approximate surface area is 119 Å². The van der Waals surface area contributed by atoms with Crippen LogP contribution in [0.5, 0.6) is 0 Å². The van der Waals surface area contributed by atoms with Crippen molar-refractivity contribution in [2.75, 3.05) is 13.1 Å². The molecule has 1 atom stereocenters. The molecule has 1 nitrogen and oxygen atoms in total. The second kappa shape index (κ2) is 5.70. The van der Waals surface area contributed by atoms with Crippen LogP contribution in [0.1, 0.15) is 32.3 Å². The lowest BCUT2D eigenvalue weighted by atomic mass is 9.79. The van der Waals surface area contributed by atoms with Crippen molar-refractivity contribution in [3.8, 4) is 0 Å². The van der Waals surface area contributed by atoms with E-state index < -0.39 is 0 Å². The fourth-order valence-electron chi connectivity index (χ4n) is 2.61. The number of rotatable bonds is 6. The second-order valence-electron chi connectivity index (χ2n) is 5.51. The molecular weight excluding hydrogens is 321 g/mol. The van der Waals surface area contributed by atoms with E-state index >= 15 is 0 Å². The van der Waals surface area contributed by atoms with Crippen LogP contribution in [0.4, 0.5) is 0 Å². The van der Waals surface area contributed by atoms with Crippen molar-refractivity contribution in [3.63, 3.8) is 0 Å². The molecule has 0 aliphatic heterocycles. The zero-order chi connectivity index (χ0) is 12.3. The third kappa shape index (κ3) is 3.68. The van der Waals surface area contributed by atoms with Crippen molar-refractivity contribution in [2.45, 2.75) is 33.1 Å². The number of hydrogen-bond donors (Lipinski definition) is 1. The molecule has 1 saturated carbocycles. The Balaban J connectivity index is 2.04. The zero-order valence-corrected chi connectivity index (χ0v) is 13.0. The molecule has 0 saturated heterocycles. The van der Waals surface area contributed by atoms with Crippen LogP contribution >= 0.6 is 22.6 Å². The Morgan fingerprint density at radius 3 is 2.47 bits per heavy atom. The van der Waals surface area contributed by atoms with Crippen LogP contribution in [0.15, 0.2) is 24.3 Å². The molecule has 17 heavy (non-hydrogen) atoms. The summed E-state index contributed by atoms with van der Waals surface area (Å²) in [5.41, 5.74) is 1.93. The van der Waals surface area contributed by atoms with Crippen LogP contribution in [-0.2, 0) is 6.42 Å². The Bertz CT molecular complexity index is 356. The molecule has 0 heterocycles. The summed E-state index contributed by atoms with van der Waals surface area (Å²) in [5.74, 6) is 0.931. The van der Waals surface area contributed by atoms with Crippen molar-refractivity contribution >= 4 is 22.6 Å². The summed E-state index contributed by atoms with van der Waals surface area (Å²) < 4.78 is 1.33. The van der Waals surface area contributed by atoms with Crippen LogP contribution < -0.4 is 5.32 Å². The van der Waals surface area contributed by atoms with E-state index in [0.717, 1.165) is 19.0 Å². The van der Waals surface area contributed by atoms with Gasteiger partial charge in [0.2, 0.25) is 0 Å². The van der Waals surface area contributed by atoms with Crippen LogP contribution in [-0.4, -0.2) is 13.1 Å². The zero-order valence-electron chi connectivity index (χ0n) is 10.8. The maximum Gasteiger partial charge on any atom is 0.0130 e. The molecule has 0 amide bonds. The fourth-order valence-corrected chi connectivity index (χ4v) is 2.97. The van der Waals surface area contributed by atoms with Gasteiger partial charge in [-0.05, 0) is 77.4 Å². The van der Waals surface area contributed by atoms with Gasteiger partial charge in [-0.1, -0.05) is 26.0 Å². The summed E-state index contributed by atoms with van der Waals surface area (Å²) in [6, 6.07) is 9.01. The number of halogens is 1. The molecule has 1 aromatic rings. The molecule has 1 aromatic carbocycles. The van der Waals surface area contributed by atoms with E-state index in [9.17, 15) is 0 Å².